The molecule has 0 spiro atoms. The van der Waals surface area contributed by atoms with E-state index in [9.17, 15) is 14.9 Å². The molecule has 0 aliphatic heterocycles. The van der Waals surface area contributed by atoms with E-state index in [1.54, 1.807) is 24.3 Å². The van der Waals surface area contributed by atoms with E-state index in [2.05, 4.69) is 5.32 Å². The summed E-state index contributed by atoms with van der Waals surface area (Å²) in [5, 5.41) is 13.4. The first-order chi connectivity index (χ1) is 14.0. The van der Waals surface area contributed by atoms with Gasteiger partial charge in [0.1, 0.15) is 23.1 Å². The Bertz CT molecular complexity index is 994. The largest absolute Gasteiger partial charge is 0.489 e. The van der Waals surface area contributed by atoms with Gasteiger partial charge in [-0.15, -0.1) is 0 Å². The molecule has 0 atom stereocenters. The van der Waals surface area contributed by atoms with Crippen molar-refractivity contribution in [3.8, 4) is 11.5 Å². The average molecular weight is 413 g/mol. The Labute approximate surface area is 172 Å². The smallest absolute Gasteiger partial charge is 0.289 e. The van der Waals surface area contributed by atoms with E-state index in [0.717, 1.165) is 5.56 Å². The third-order valence-corrected chi connectivity index (χ3v) is 4.19. The van der Waals surface area contributed by atoms with Crippen LogP contribution in [0.1, 0.15) is 5.56 Å². The Kier molecular flexibility index (Phi) is 6.65. The standard InChI is InChI=1S/C21H17ClN2O5/c22-19-11-6-16(12-20(19)24(26)27)23-21(25)14-29-18-9-7-17(8-10-18)28-13-15-4-2-1-3-5-15/h1-12H,13-14H2,(H,23,25). The van der Waals surface area contributed by atoms with Crippen LogP contribution in [0.4, 0.5) is 11.4 Å². The third kappa shape index (κ3) is 5.95. The predicted molar refractivity (Wildman–Crippen MR) is 109 cm³/mol. The molecule has 0 saturated carbocycles. The topological polar surface area (TPSA) is 90.7 Å². The summed E-state index contributed by atoms with van der Waals surface area (Å²) in [5.41, 5.74) is 1.04. The average Bonchev–Trinajstić information content (AvgIpc) is 2.73. The van der Waals surface area contributed by atoms with Gasteiger partial charge in [0, 0.05) is 11.8 Å². The minimum absolute atomic E-state index is 0.00109. The molecule has 7 nitrogen and oxygen atoms in total. The van der Waals surface area contributed by atoms with Gasteiger partial charge in [-0.05, 0) is 42.0 Å². The molecule has 3 aromatic rings. The van der Waals surface area contributed by atoms with Crippen LogP contribution in [0.5, 0.6) is 11.5 Å². The van der Waals surface area contributed by atoms with Crippen molar-refractivity contribution >= 4 is 28.9 Å². The minimum Gasteiger partial charge on any atom is -0.489 e. The monoisotopic (exact) mass is 412 g/mol. The fraction of sp³-hybridized carbons (Fsp3) is 0.0952. The molecule has 0 bridgehead atoms. The van der Waals surface area contributed by atoms with Crippen molar-refractivity contribution in [3.63, 3.8) is 0 Å². The number of hydrogen-bond acceptors (Lipinski definition) is 5. The molecule has 1 N–H and O–H groups in total. The molecule has 3 rings (SSSR count). The van der Waals surface area contributed by atoms with Crippen molar-refractivity contribution in [2.45, 2.75) is 6.61 Å². The SMILES string of the molecule is O=C(COc1ccc(OCc2ccccc2)cc1)Nc1ccc(Cl)c([N+](=O)[O-])c1. The lowest BCUT2D eigenvalue weighted by Crippen LogP contribution is -2.20. The molecule has 3 aromatic carbocycles. The maximum absolute atomic E-state index is 12.0. The molecule has 0 aliphatic carbocycles. The van der Waals surface area contributed by atoms with E-state index in [4.69, 9.17) is 21.1 Å². The molecule has 1 amide bonds. The third-order valence-electron chi connectivity index (χ3n) is 3.87. The summed E-state index contributed by atoms with van der Waals surface area (Å²) in [5.74, 6) is 0.722. The second kappa shape index (κ2) is 9.57. The number of nitrogens with zero attached hydrogens (tertiary/aromatic N) is 1. The summed E-state index contributed by atoms with van der Waals surface area (Å²) in [6.07, 6.45) is 0. The normalized spacial score (nSPS) is 10.2. The summed E-state index contributed by atoms with van der Waals surface area (Å²) in [4.78, 5) is 22.3. The Morgan fingerprint density at radius 1 is 0.966 bits per heavy atom. The fourth-order valence-electron chi connectivity index (χ4n) is 2.45. The van der Waals surface area contributed by atoms with E-state index >= 15 is 0 Å². The number of halogens is 1. The number of hydrogen-bond donors (Lipinski definition) is 1. The van der Waals surface area contributed by atoms with Gasteiger partial charge in [-0.1, -0.05) is 41.9 Å². The Hall–Kier alpha value is -3.58. The second-order valence-corrected chi connectivity index (χ2v) is 6.41. The highest BCUT2D eigenvalue weighted by atomic mass is 35.5. The highest BCUT2D eigenvalue weighted by molar-refractivity contribution is 6.32. The van der Waals surface area contributed by atoms with Gasteiger partial charge in [0.15, 0.2) is 6.61 Å². The maximum Gasteiger partial charge on any atom is 0.289 e. The molecule has 0 unspecified atom stereocenters. The molecular formula is C21H17ClN2O5. The van der Waals surface area contributed by atoms with Crippen molar-refractivity contribution in [3.05, 3.63) is 93.5 Å². The molecular weight excluding hydrogens is 396 g/mol. The molecule has 29 heavy (non-hydrogen) atoms. The zero-order valence-corrected chi connectivity index (χ0v) is 16.0. The Morgan fingerprint density at radius 3 is 2.28 bits per heavy atom. The van der Waals surface area contributed by atoms with Crippen LogP contribution in [0.25, 0.3) is 0 Å². The van der Waals surface area contributed by atoms with Crippen LogP contribution in [0.3, 0.4) is 0 Å². The molecule has 0 saturated heterocycles. The lowest BCUT2D eigenvalue weighted by atomic mass is 10.2. The molecule has 0 radical (unpaired) electrons. The fourth-order valence-corrected chi connectivity index (χ4v) is 2.64. The second-order valence-electron chi connectivity index (χ2n) is 6.01. The predicted octanol–water partition coefficient (Wildman–Crippen LogP) is 4.84. The van der Waals surface area contributed by atoms with Crippen molar-refractivity contribution in [2.24, 2.45) is 0 Å². The van der Waals surface area contributed by atoms with Crippen LogP contribution in [-0.2, 0) is 11.4 Å². The number of nitrogens with one attached hydrogen (secondary N) is 1. The first kappa shape index (κ1) is 20.2. The molecule has 0 heterocycles. The van der Waals surface area contributed by atoms with Crippen LogP contribution in [0.2, 0.25) is 5.02 Å². The minimum atomic E-state index is -0.615. The van der Waals surface area contributed by atoms with Crippen LogP contribution in [0, 0.1) is 10.1 Å². The van der Waals surface area contributed by atoms with Crippen molar-refractivity contribution in [2.75, 3.05) is 11.9 Å². The molecule has 0 fully saturated rings. The van der Waals surface area contributed by atoms with Gasteiger partial charge in [0.25, 0.3) is 11.6 Å². The number of anilines is 1. The Morgan fingerprint density at radius 2 is 1.62 bits per heavy atom. The molecule has 0 aliphatic rings. The summed E-state index contributed by atoms with van der Waals surface area (Å²) in [6, 6.07) is 20.7. The zero-order valence-electron chi connectivity index (χ0n) is 15.2. The number of carbonyl (C=O) groups is 1. The first-order valence-electron chi connectivity index (χ1n) is 8.64. The number of amides is 1. The van der Waals surface area contributed by atoms with Gasteiger partial charge in [-0.25, -0.2) is 0 Å². The van der Waals surface area contributed by atoms with Gasteiger partial charge in [0.2, 0.25) is 0 Å². The maximum atomic E-state index is 12.0. The van der Waals surface area contributed by atoms with Crippen molar-refractivity contribution < 1.29 is 19.2 Å². The highest BCUT2D eigenvalue weighted by Crippen LogP contribution is 2.27. The van der Waals surface area contributed by atoms with Gasteiger partial charge in [-0.3, -0.25) is 14.9 Å². The first-order valence-corrected chi connectivity index (χ1v) is 9.02. The van der Waals surface area contributed by atoms with E-state index in [0.29, 0.717) is 18.1 Å². The number of carbonyl (C=O) groups excluding carboxylic acids is 1. The van der Waals surface area contributed by atoms with Gasteiger partial charge in [0.05, 0.1) is 4.92 Å². The number of nitro groups is 1. The van der Waals surface area contributed by atoms with Crippen molar-refractivity contribution in [1.29, 1.82) is 0 Å². The van der Waals surface area contributed by atoms with E-state index in [1.807, 2.05) is 30.3 Å². The number of rotatable bonds is 8. The van der Waals surface area contributed by atoms with Crippen LogP contribution < -0.4 is 14.8 Å². The molecule has 8 heteroatoms. The summed E-state index contributed by atoms with van der Waals surface area (Å²) >= 11 is 5.75. The van der Waals surface area contributed by atoms with E-state index in [-0.39, 0.29) is 23.0 Å². The number of benzene rings is 3. The Balaban J connectivity index is 1.49. The van der Waals surface area contributed by atoms with E-state index in [1.165, 1.54) is 18.2 Å². The number of ether oxygens (including phenoxy) is 2. The highest BCUT2D eigenvalue weighted by Gasteiger charge is 2.14. The molecule has 148 valence electrons. The van der Waals surface area contributed by atoms with Gasteiger partial charge in [-0.2, -0.15) is 0 Å². The van der Waals surface area contributed by atoms with Gasteiger partial charge >= 0.3 is 0 Å². The summed E-state index contributed by atoms with van der Waals surface area (Å²) in [6.45, 7) is 0.206. The van der Waals surface area contributed by atoms with E-state index < -0.39 is 10.8 Å². The lowest BCUT2D eigenvalue weighted by molar-refractivity contribution is -0.384. The number of nitro benzene ring substituents is 1. The molecule has 0 aromatic heterocycles. The van der Waals surface area contributed by atoms with Crippen LogP contribution in [0.15, 0.2) is 72.8 Å². The summed E-state index contributed by atoms with van der Waals surface area (Å²) in [7, 11) is 0. The van der Waals surface area contributed by atoms with Crippen LogP contribution in [-0.4, -0.2) is 17.4 Å². The quantitative estimate of drug-likeness (QED) is 0.422. The lowest BCUT2D eigenvalue weighted by Gasteiger charge is -2.09. The zero-order chi connectivity index (χ0) is 20.6. The van der Waals surface area contributed by atoms with Crippen molar-refractivity contribution in [1.82, 2.24) is 0 Å². The van der Waals surface area contributed by atoms with Crippen LogP contribution >= 0.6 is 11.6 Å². The van der Waals surface area contributed by atoms with Gasteiger partial charge < -0.3 is 14.8 Å². The summed E-state index contributed by atoms with van der Waals surface area (Å²) < 4.78 is 11.1.